The van der Waals surface area contributed by atoms with Gasteiger partial charge >= 0.3 is 5.97 Å². The van der Waals surface area contributed by atoms with E-state index in [1.807, 2.05) is 13.8 Å². The standard InChI is InChI=1S/C15H22N2O4S/c1-5-6-7-11(15(20)21)17-13(19)12-8(2)9(3)22-14(12)16-10(4)18/h11H,5-7H2,1-4H3,(H,16,18)(H,17,19)(H,20,21). The SMILES string of the molecule is CCCCC(NC(=O)c1c(NC(C)=O)sc(C)c1C)C(=O)O. The number of anilines is 1. The Hall–Kier alpha value is -1.89. The number of carboxylic acid groups (broad SMARTS) is 1. The number of hydrogen-bond donors (Lipinski definition) is 3. The third-order valence-corrected chi connectivity index (χ3v) is 4.47. The smallest absolute Gasteiger partial charge is 0.326 e. The molecule has 0 saturated heterocycles. The fourth-order valence-corrected chi connectivity index (χ4v) is 3.15. The first kappa shape index (κ1) is 18.2. The van der Waals surface area contributed by atoms with Crippen LogP contribution in [0.2, 0.25) is 0 Å². The Kier molecular flexibility index (Phi) is 6.55. The summed E-state index contributed by atoms with van der Waals surface area (Å²) in [6.07, 6.45) is 1.96. The number of amides is 2. The van der Waals surface area contributed by atoms with Crippen molar-refractivity contribution in [1.29, 1.82) is 0 Å². The molecule has 3 N–H and O–H groups in total. The van der Waals surface area contributed by atoms with Crippen molar-refractivity contribution in [3.05, 3.63) is 16.0 Å². The van der Waals surface area contributed by atoms with Crippen molar-refractivity contribution in [2.75, 3.05) is 5.32 Å². The van der Waals surface area contributed by atoms with E-state index in [2.05, 4.69) is 10.6 Å². The summed E-state index contributed by atoms with van der Waals surface area (Å²) >= 11 is 1.31. The molecule has 0 aliphatic rings. The highest BCUT2D eigenvalue weighted by Gasteiger charge is 2.25. The topological polar surface area (TPSA) is 95.5 Å². The Morgan fingerprint density at radius 3 is 2.41 bits per heavy atom. The predicted octanol–water partition coefficient (Wildman–Crippen LogP) is 2.70. The summed E-state index contributed by atoms with van der Waals surface area (Å²) < 4.78 is 0. The molecule has 6 nitrogen and oxygen atoms in total. The average Bonchev–Trinajstić information content (AvgIpc) is 2.68. The van der Waals surface area contributed by atoms with E-state index in [9.17, 15) is 19.5 Å². The number of carboxylic acids is 1. The van der Waals surface area contributed by atoms with Gasteiger partial charge in [-0.2, -0.15) is 0 Å². The fourth-order valence-electron chi connectivity index (χ4n) is 2.04. The summed E-state index contributed by atoms with van der Waals surface area (Å²) in [5, 5.41) is 14.8. The van der Waals surface area contributed by atoms with Crippen molar-refractivity contribution in [1.82, 2.24) is 5.32 Å². The number of nitrogens with one attached hydrogen (secondary N) is 2. The molecule has 0 bridgehead atoms. The van der Waals surface area contributed by atoms with Gasteiger partial charge in [0.05, 0.1) is 5.56 Å². The van der Waals surface area contributed by atoms with E-state index in [4.69, 9.17) is 0 Å². The van der Waals surface area contributed by atoms with Gasteiger partial charge < -0.3 is 15.7 Å². The van der Waals surface area contributed by atoms with Crippen LogP contribution in [0, 0.1) is 13.8 Å². The maximum absolute atomic E-state index is 12.4. The van der Waals surface area contributed by atoms with Gasteiger partial charge in [-0.1, -0.05) is 19.8 Å². The molecule has 0 fully saturated rings. The second-order valence-electron chi connectivity index (χ2n) is 5.18. The zero-order valence-electron chi connectivity index (χ0n) is 13.3. The molecule has 1 atom stereocenters. The lowest BCUT2D eigenvalue weighted by molar-refractivity contribution is -0.139. The lowest BCUT2D eigenvalue weighted by Crippen LogP contribution is -2.41. The van der Waals surface area contributed by atoms with Crippen LogP contribution in [-0.4, -0.2) is 28.9 Å². The first-order valence-corrected chi connectivity index (χ1v) is 8.00. The van der Waals surface area contributed by atoms with E-state index in [0.29, 0.717) is 17.0 Å². The van der Waals surface area contributed by atoms with Gasteiger partial charge in [0.15, 0.2) is 0 Å². The molecule has 7 heteroatoms. The van der Waals surface area contributed by atoms with Crippen LogP contribution < -0.4 is 10.6 Å². The zero-order valence-corrected chi connectivity index (χ0v) is 14.1. The molecule has 0 aliphatic heterocycles. The van der Waals surface area contributed by atoms with Crippen LogP contribution in [0.5, 0.6) is 0 Å². The Balaban J connectivity index is 3.00. The molecule has 1 aromatic rings. The molecule has 1 rings (SSSR count). The van der Waals surface area contributed by atoms with Crippen LogP contribution in [0.4, 0.5) is 5.00 Å². The number of aliphatic carboxylic acids is 1. The van der Waals surface area contributed by atoms with Crippen molar-refractivity contribution >= 4 is 34.1 Å². The van der Waals surface area contributed by atoms with Crippen LogP contribution in [0.1, 0.15) is 53.9 Å². The molecule has 22 heavy (non-hydrogen) atoms. The van der Waals surface area contributed by atoms with E-state index in [1.165, 1.54) is 18.3 Å². The lowest BCUT2D eigenvalue weighted by Gasteiger charge is -2.15. The molecular weight excluding hydrogens is 304 g/mol. The lowest BCUT2D eigenvalue weighted by atomic mass is 10.1. The van der Waals surface area contributed by atoms with Crippen LogP contribution in [0.15, 0.2) is 0 Å². The van der Waals surface area contributed by atoms with Gasteiger partial charge in [-0.15, -0.1) is 11.3 Å². The Bertz CT molecular complexity index is 580. The summed E-state index contributed by atoms with van der Waals surface area (Å²) in [5.74, 6) is -1.78. The van der Waals surface area contributed by atoms with Crippen molar-refractivity contribution in [2.24, 2.45) is 0 Å². The molecule has 122 valence electrons. The molecule has 0 aromatic carbocycles. The largest absolute Gasteiger partial charge is 0.480 e. The molecule has 1 aromatic heterocycles. The molecule has 1 unspecified atom stereocenters. The maximum Gasteiger partial charge on any atom is 0.326 e. The van der Waals surface area contributed by atoms with Crippen molar-refractivity contribution in [3.8, 4) is 0 Å². The summed E-state index contributed by atoms with van der Waals surface area (Å²) in [4.78, 5) is 35.8. The second-order valence-corrected chi connectivity index (χ2v) is 6.40. The third-order valence-electron chi connectivity index (χ3n) is 3.35. The molecule has 0 saturated carbocycles. The van der Waals surface area contributed by atoms with E-state index >= 15 is 0 Å². The van der Waals surface area contributed by atoms with Gasteiger partial charge in [0.1, 0.15) is 11.0 Å². The zero-order chi connectivity index (χ0) is 16.9. The minimum atomic E-state index is -1.05. The summed E-state index contributed by atoms with van der Waals surface area (Å²) in [7, 11) is 0. The first-order valence-electron chi connectivity index (χ1n) is 7.19. The van der Waals surface area contributed by atoms with Gasteiger partial charge in [0.2, 0.25) is 5.91 Å². The van der Waals surface area contributed by atoms with Gasteiger partial charge in [0, 0.05) is 11.8 Å². The van der Waals surface area contributed by atoms with Gasteiger partial charge in [-0.05, 0) is 25.8 Å². The highest BCUT2D eigenvalue weighted by atomic mass is 32.1. The Labute approximate surface area is 133 Å². The molecule has 0 radical (unpaired) electrons. The highest BCUT2D eigenvalue weighted by Crippen LogP contribution is 2.32. The van der Waals surface area contributed by atoms with Crippen LogP contribution in [-0.2, 0) is 9.59 Å². The van der Waals surface area contributed by atoms with E-state index in [1.54, 1.807) is 6.92 Å². The van der Waals surface area contributed by atoms with E-state index < -0.39 is 17.9 Å². The number of rotatable bonds is 7. The number of unbranched alkanes of at least 4 members (excludes halogenated alkanes) is 1. The van der Waals surface area contributed by atoms with Crippen molar-refractivity contribution < 1.29 is 19.5 Å². The summed E-state index contributed by atoms with van der Waals surface area (Å²) in [5.41, 5.74) is 1.10. The highest BCUT2D eigenvalue weighted by molar-refractivity contribution is 7.16. The quantitative estimate of drug-likeness (QED) is 0.718. The van der Waals surface area contributed by atoms with Gasteiger partial charge in [0.25, 0.3) is 5.91 Å². The van der Waals surface area contributed by atoms with Crippen molar-refractivity contribution in [3.63, 3.8) is 0 Å². The first-order chi connectivity index (χ1) is 10.3. The third kappa shape index (κ3) is 4.56. The van der Waals surface area contributed by atoms with E-state index in [-0.39, 0.29) is 5.91 Å². The second kappa shape index (κ2) is 7.93. The normalized spacial score (nSPS) is 11.8. The number of carbonyl (C=O) groups is 3. The number of aryl methyl sites for hydroxylation is 1. The number of thiophene rings is 1. The Morgan fingerprint density at radius 1 is 1.27 bits per heavy atom. The van der Waals surface area contributed by atoms with Gasteiger partial charge in [-0.3, -0.25) is 9.59 Å². The molecule has 0 aliphatic carbocycles. The average molecular weight is 326 g/mol. The van der Waals surface area contributed by atoms with Crippen LogP contribution in [0.3, 0.4) is 0 Å². The maximum atomic E-state index is 12.4. The molecule has 2 amide bonds. The Morgan fingerprint density at radius 2 is 1.91 bits per heavy atom. The van der Waals surface area contributed by atoms with Crippen molar-refractivity contribution in [2.45, 2.75) is 53.0 Å². The van der Waals surface area contributed by atoms with Crippen LogP contribution in [0.25, 0.3) is 0 Å². The fraction of sp³-hybridized carbons (Fsp3) is 0.533. The number of carbonyl (C=O) groups excluding carboxylic acids is 2. The van der Waals surface area contributed by atoms with E-state index in [0.717, 1.165) is 23.3 Å². The molecule has 0 spiro atoms. The summed E-state index contributed by atoms with van der Waals surface area (Å²) in [6.45, 7) is 6.97. The molecular formula is C15H22N2O4S. The number of hydrogen-bond acceptors (Lipinski definition) is 4. The minimum absolute atomic E-state index is 0.268. The van der Waals surface area contributed by atoms with Crippen LogP contribution >= 0.6 is 11.3 Å². The summed E-state index contributed by atoms with van der Waals surface area (Å²) in [6, 6.07) is -0.919. The predicted molar refractivity (Wildman–Crippen MR) is 86.5 cm³/mol. The van der Waals surface area contributed by atoms with Gasteiger partial charge in [-0.25, -0.2) is 4.79 Å². The molecule has 1 heterocycles. The monoisotopic (exact) mass is 326 g/mol. The minimum Gasteiger partial charge on any atom is -0.480 e.